The van der Waals surface area contributed by atoms with Crippen LogP contribution >= 0.6 is 11.6 Å². The zero-order chi connectivity index (χ0) is 11.4. The van der Waals surface area contributed by atoms with E-state index in [1.807, 2.05) is 18.9 Å². The number of hydrogen-bond acceptors (Lipinski definition) is 4. The van der Waals surface area contributed by atoms with Crippen LogP contribution < -0.4 is 4.90 Å². The van der Waals surface area contributed by atoms with Crippen molar-refractivity contribution in [1.29, 1.82) is 0 Å². The van der Waals surface area contributed by atoms with Gasteiger partial charge in [0, 0.05) is 13.6 Å². The van der Waals surface area contributed by atoms with Crippen molar-refractivity contribution < 1.29 is 4.42 Å². The van der Waals surface area contributed by atoms with E-state index in [4.69, 9.17) is 16.0 Å². The van der Waals surface area contributed by atoms with Gasteiger partial charge in [-0.3, -0.25) is 0 Å². The molecule has 0 bridgehead atoms. The molecule has 2 atom stereocenters. The fourth-order valence-corrected chi connectivity index (χ4v) is 1.30. The quantitative estimate of drug-likeness (QED) is 0.731. The van der Waals surface area contributed by atoms with E-state index < -0.39 is 0 Å². The van der Waals surface area contributed by atoms with Gasteiger partial charge in [-0.1, -0.05) is 25.4 Å². The summed E-state index contributed by atoms with van der Waals surface area (Å²) in [5.41, 5.74) is 0. The van der Waals surface area contributed by atoms with Crippen molar-refractivity contribution in [3.05, 3.63) is 5.89 Å². The highest BCUT2D eigenvalue weighted by Gasteiger charge is 2.15. The average molecular weight is 232 g/mol. The van der Waals surface area contributed by atoms with E-state index in [-0.39, 0.29) is 5.38 Å². The molecule has 0 saturated carbocycles. The van der Waals surface area contributed by atoms with Crippen molar-refractivity contribution >= 4 is 17.6 Å². The van der Waals surface area contributed by atoms with Gasteiger partial charge in [0.25, 0.3) is 0 Å². The standard InChI is InChI=1S/C10H18ClN3O/c1-5-7(2)6-14(4)10-13-12-9(15-10)8(3)11/h7-8H,5-6H2,1-4H3. The van der Waals surface area contributed by atoms with Gasteiger partial charge in [0.2, 0.25) is 5.89 Å². The van der Waals surface area contributed by atoms with E-state index in [1.54, 1.807) is 0 Å². The summed E-state index contributed by atoms with van der Waals surface area (Å²) in [6.07, 6.45) is 1.14. The minimum atomic E-state index is -0.233. The Hall–Kier alpha value is -0.770. The number of nitrogens with zero attached hydrogens (tertiary/aromatic N) is 3. The molecule has 1 rings (SSSR count). The second-order valence-electron chi connectivity index (χ2n) is 3.93. The summed E-state index contributed by atoms with van der Waals surface area (Å²) >= 11 is 5.84. The molecule has 0 aliphatic heterocycles. The van der Waals surface area contributed by atoms with Crippen molar-refractivity contribution in [1.82, 2.24) is 10.2 Å². The lowest BCUT2D eigenvalue weighted by atomic mass is 10.1. The fraction of sp³-hybridized carbons (Fsp3) is 0.800. The molecule has 0 aliphatic carbocycles. The Morgan fingerprint density at radius 3 is 2.53 bits per heavy atom. The molecule has 1 aromatic heterocycles. The third kappa shape index (κ3) is 3.38. The van der Waals surface area contributed by atoms with Crippen LogP contribution in [0.15, 0.2) is 4.42 Å². The van der Waals surface area contributed by atoms with Crippen LogP contribution in [0.1, 0.15) is 38.5 Å². The van der Waals surface area contributed by atoms with Gasteiger partial charge in [0.1, 0.15) is 5.38 Å². The fourth-order valence-electron chi connectivity index (χ4n) is 1.22. The molecule has 0 spiro atoms. The molecule has 0 fully saturated rings. The van der Waals surface area contributed by atoms with Crippen LogP contribution in [-0.2, 0) is 0 Å². The summed E-state index contributed by atoms with van der Waals surface area (Å²) in [5, 5.41) is 7.60. The topological polar surface area (TPSA) is 42.2 Å². The maximum Gasteiger partial charge on any atom is 0.317 e. The minimum absolute atomic E-state index is 0.233. The maximum atomic E-state index is 5.84. The van der Waals surface area contributed by atoms with E-state index in [0.717, 1.165) is 13.0 Å². The van der Waals surface area contributed by atoms with Crippen LogP contribution in [0.3, 0.4) is 0 Å². The molecule has 0 radical (unpaired) electrons. The Kier molecular flexibility index (Phi) is 4.39. The van der Waals surface area contributed by atoms with Crippen molar-refractivity contribution in [3.8, 4) is 0 Å². The largest absolute Gasteiger partial charge is 0.406 e. The zero-order valence-corrected chi connectivity index (χ0v) is 10.5. The van der Waals surface area contributed by atoms with Crippen LogP contribution in [0.4, 0.5) is 6.01 Å². The highest BCUT2D eigenvalue weighted by molar-refractivity contribution is 6.20. The molecule has 5 heteroatoms. The highest BCUT2D eigenvalue weighted by atomic mass is 35.5. The molecular weight excluding hydrogens is 214 g/mol. The van der Waals surface area contributed by atoms with E-state index >= 15 is 0 Å². The van der Waals surface area contributed by atoms with Gasteiger partial charge >= 0.3 is 6.01 Å². The van der Waals surface area contributed by atoms with Crippen molar-refractivity contribution in [2.24, 2.45) is 5.92 Å². The van der Waals surface area contributed by atoms with Crippen molar-refractivity contribution in [2.75, 3.05) is 18.5 Å². The smallest absolute Gasteiger partial charge is 0.317 e. The lowest BCUT2D eigenvalue weighted by Gasteiger charge is -2.17. The summed E-state index contributed by atoms with van der Waals surface area (Å²) in [6.45, 7) is 7.08. The summed E-state index contributed by atoms with van der Waals surface area (Å²) in [6, 6.07) is 0.540. The molecule has 15 heavy (non-hydrogen) atoms. The van der Waals surface area contributed by atoms with Gasteiger partial charge in [-0.05, 0) is 12.8 Å². The number of halogens is 1. The Morgan fingerprint density at radius 1 is 1.40 bits per heavy atom. The van der Waals surface area contributed by atoms with Crippen LogP contribution in [0, 0.1) is 5.92 Å². The molecular formula is C10H18ClN3O. The zero-order valence-electron chi connectivity index (χ0n) is 9.70. The Labute approximate surface area is 95.6 Å². The third-order valence-electron chi connectivity index (χ3n) is 2.38. The van der Waals surface area contributed by atoms with Gasteiger partial charge in [0.05, 0.1) is 0 Å². The Morgan fingerprint density at radius 2 is 2.07 bits per heavy atom. The van der Waals surface area contributed by atoms with Crippen LogP contribution in [0.5, 0.6) is 0 Å². The normalized spacial score (nSPS) is 15.0. The SMILES string of the molecule is CCC(C)CN(C)c1nnc(C(C)Cl)o1. The monoisotopic (exact) mass is 231 g/mol. The molecule has 86 valence electrons. The number of alkyl halides is 1. The molecule has 4 nitrogen and oxygen atoms in total. The highest BCUT2D eigenvalue weighted by Crippen LogP contribution is 2.21. The minimum Gasteiger partial charge on any atom is -0.406 e. The predicted octanol–water partition coefficient (Wildman–Crippen LogP) is 2.85. The maximum absolute atomic E-state index is 5.84. The lowest BCUT2D eigenvalue weighted by Crippen LogP contribution is -2.23. The van der Waals surface area contributed by atoms with E-state index in [2.05, 4.69) is 24.0 Å². The molecule has 0 N–H and O–H groups in total. The molecule has 0 amide bonds. The van der Waals surface area contributed by atoms with Crippen molar-refractivity contribution in [2.45, 2.75) is 32.6 Å². The third-order valence-corrected chi connectivity index (χ3v) is 2.57. The molecule has 2 unspecified atom stereocenters. The predicted molar refractivity (Wildman–Crippen MR) is 61.3 cm³/mol. The molecule has 0 saturated heterocycles. The van der Waals surface area contributed by atoms with Crippen LogP contribution in [-0.4, -0.2) is 23.8 Å². The van der Waals surface area contributed by atoms with Gasteiger partial charge in [-0.25, -0.2) is 0 Å². The van der Waals surface area contributed by atoms with Crippen LogP contribution in [0.25, 0.3) is 0 Å². The number of anilines is 1. The van der Waals surface area contributed by atoms with E-state index in [1.165, 1.54) is 0 Å². The Bertz CT molecular complexity index is 301. The van der Waals surface area contributed by atoms with Gasteiger partial charge < -0.3 is 9.32 Å². The van der Waals surface area contributed by atoms with Gasteiger partial charge in [-0.2, -0.15) is 0 Å². The van der Waals surface area contributed by atoms with E-state index in [9.17, 15) is 0 Å². The first-order valence-electron chi connectivity index (χ1n) is 5.23. The molecule has 0 aliphatic rings. The average Bonchev–Trinajstić information content (AvgIpc) is 2.66. The molecule has 1 aromatic rings. The first-order chi connectivity index (χ1) is 7.04. The van der Waals surface area contributed by atoms with Gasteiger partial charge in [-0.15, -0.1) is 16.7 Å². The first-order valence-corrected chi connectivity index (χ1v) is 5.66. The Balaban J connectivity index is 2.61. The second-order valence-corrected chi connectivity index (χ2v) is 4.59. The number of rotatable bonds is 5. The number of aromatic nitrogens is 2. The van der Waals surface area contributed by atoms with Gasteiger partial charge in [0.15, 0.2) is 0 Å². The molecule has 0 aromatic carbocycles. The summed E-state index contributed by atoms with van der Waals surface area (Å²) in [5.74, 6) is 1.08. The molecule has 1 heterocycles. The number of hydrogen-bond donors (Lipinski definition) is 0. The van der Waals surface area contributed by atoms with Crippen LogP contribution in [0.2, 0.25) is 0 Å². The second kappa shape index (κ2) is 5.35. The summed E-state index contributed by atoms with van der Waals surface area (Å²) < 4.78 is 5.42. The lowest BCUT2D eigenvalue weighted by molar-refractivity contribution is 0.471. The van der Waals surface area contributed by atoms with E-state index in [0.29, 0.717) is 17.8 Å². The summed E-state index contributed by atoms with van der Waals surface area (Å²) in [7, 11) is 1.95. The van der Waals surface area contributed by atoms with Crippen molar-refractivity contribution in [3.63, 3.8) is 0 Å². The summed E-state index contributed by atoms with van der Waals surface area (Å²) in [4.78, 5) is 1.96. The first kappa shape index (κ1) is 12.3.